The Balaban J connectivity index is 1.18. The van der Waals surface area contributed by atoms with E-state index in [1.54, 1.807) is 0 Å². The highest BCUT2D eigenvalue weighted by atomic mass is 16.3. The first-order valence-corrected chi connectivity index (χ1v) is 28.5. The molecule has 5 aliphatic rings. The van der Waals surface area contributed by atoms with Crippen molar-refractivity contribution < 1.29 is 4.42 Å². The van der Waals surface area contributed by atoms with Crippen molar-refractivity contribution in [3.05, 3.63) is 160 Å². The van der Waals surface area contributed by atoms with Crippen LogP contribution in [-0.4, -0.2) is 6.71 Å². The van der Waals surface area contributed by atoms with Crippen molar-refractivity contribution in [1.82, 2.24) is 0 Å². The van der Waals surface area contributed by atoms with Crippen molar-refractivity contribution in [2.24, 2.45) is 0 Å². The fourth-order valence-corrected chi connectivity index (χ4v) is 14.9. The summed E-state index contributed by atoms with van der Waals surface area (Å²) in [7, 11) is 0. The van der Waals surface area contributed by atoms with Gasteiger partial charge in [0.05, 0.1) is 17.0 Å². The van der Waals surface area contributed by atoms with Gasteiger partial charge >= 0.3 is 0 Å². The van der Waals surface area contributed by atoms with Gasteiger partial charge in [-0.2, -0.15) is 0 Å². The van der Waals surface area contributed by atoms with Gasteiger partial charge in [-0.1, -0.05) is 165 Å². The van der Waals surface area contributed by atoms with E-state index in [9.17, 15) is 0 Å². The summed E-state index contributed by atoms with van der Waals surface area (Å²) in [4.78, 5) is 5.36. The van der Waals surface area contributed by atoms with Crippen molar-refractivity contribution in [3.8, 4) is 11.1 Å². The van der Waals surface area contributed by atoms with Crippen LogP contribution < -0.4 is 26.4 Å². The number of fused-ring (bicyclic) bond motifs is 10. The first-order chi connectivity index (χ1) is 35.2. The molecular formula is C71H79BN2O. The minimum absolute atomic E-state index is 0.00275. The summed E-state index contributed by atoms with van der Waals surface area (Å²) < 4.78 is 7.76. The molecule has 0 amide bonds. The largest absolute Gasteiger partial charge is 0.468 e. The third kappa shape index (κ3) is 7.12. The van der Waals surface area contributed by atoms with Gasteiger partial charge in [0.25, 0.3) is 6.71 Å². The molecule has 0 N–H and O–H groups in total. The predicted octanol–water partition coefficient (Wildman–Crippen LogP) is 18.0. The van der Waals surface area contributed by atoms with Gasteiger partial charge < -0.3 is 14.2 Å². The molecule has 75 heavy (non-hydrogen) atoms. The lowest BCUT2D eigenvalue weighted by molar-refractivity contribution is 0.332. The molecule has 3 nitrogen and oxygen atoms in total. The van der Waals surface area contributed by atoms with E-state index in [0.717, 1.165) is 43.3 Å². The molecule has 382 valence electrons. The first-order valence-electron chi connectivity index (χ1n) is 28.5. The molecule has 0 radical (unpaired) electrons. The van der Waals surface area contributed by atoms with E-state index in [1.807, 2.05) is 0 Å². The van der Waals surface area contributed by atoms with E-state index in [0.29, 0.717) is 0 Å². The number of anilines is 6. The monoisotopic (exact) mass is 987 g/mol. The van der Waals surface area contributed by atoms with Crippen LogP contribution in [-0.2, 0) is 37.9 Å². The summed E-state index contributed by atoms with van der Waals surface area (Å²) in [5.41, 5.74) is 26.1. The fraction of sp³-hybridized carbons (Fsp3) is 0.408. The average Bonchev–Trinajstić information content (AvgIpc) is 3.73. The molecule has 13 rings (SSSR count). The molecule has 4 heteroatoms. The van der Waals surface area contributed by atoms with Gasteiger partial charge in [0.1, 0.15) is 5.58 Å². The second-order valence-electron chi connectivity index (χ2n) is 29.0. The van der Waals surface area contributed by atoms with Gasteiger partial charge in [0.2, 0.25) is 0 Å². The molecule has 0 saturated heterocycles. The van der Waals surface area contributed by atoms with Crippen LogP contribution in [0.25, 0.3) is 32.9 Å². The quantitative estimate of drug-likeness (QED) is 0.165. The van der Waals surface area contributed by atoms with Crippen LogP contribution >= 0.6 is 0 Å². The molecule has 2 aliphatic heterocycles. The molecule has 0 unspecified atom stereocenters. The lowest BCUT2D eigenvalue weighted by atomic mass is 9.35. The van der Waals surface area contributed by atoms with Crippen molar-refractivity contribution in [2.75, 3.05) is 9.80 Å². The number of hydrogen-bond acceptors (Lipinski definition) is 3. The highest BCUT2D eigenvalue weighted by Crippen LogP contribution is 2.56. The topological polar surface area (TPSA) is 19.6 Å². The van der Waals surface area contributed by atoms with E-state index in [2.05, 4.69) is 236 Å². The Morgan fingerprint density at radius 3 is 1.64 bits per heavy atom. The number of nitrogens with zero attached hydrogens (tertiary/aromatic N) is 2. The van der Waals surface area contributed by atoms with Crippen LogP contribution in [0, 0.1) is 6.92 Å². The first kappa shape index (κ1) is 48.6. The molecule has 3 heterocycles. The summed E-state index contributed by atoms with van der Waals surface area (Å²) >= 11 is 0. The zero-order valence-electron chi connectivity index (χ0n) is 48.1. The second kappa shape index (κ2) is 15.6. The van der Waals surface area contributed by atoms with Crippen molar-refractivity contribution >= 4 is 79.2 Å². The van der Waals surface area contributed by atoms with Crippen LogP contribution in [0.2, 0.25) is 0 Å². The van der Waals surface area contributed by atoms with Crippen LogP contribution in [0.1, 0.15) is 187 Å². The fourth-order valence-electron chi connectivity index (χ4n) is 14.9. The van der Waals surface area contributed by atoms with Crippen molar-refractivity contribution in [3.63, 3.8) is 0 Å². The lowest BCUT2D eigenvalue weighted by Gasteiger charge is -2.46. The van der Waals surface area contributed by atoms with Gasteiger partial charge in [-0.15, -0.1) is 0 Å². The van der Waals surface area contributed by atoms with E-state index in [-0.39, 0.29) is 44.6 Å². The number of hydrogen-bond donors (Lipinski definition) is 0. The zero-order valence-corrected chi connectivity index (χ0v) is 48.1. The summed E-state index contributed by atoms with van der Waals surface area (Å²) in [5, 5.41) is 3.76. The second-order valence-corrected chi connectivity index (χ2v) is 29.0. The molecule has 1 aromatic heterocycles. The van der Waals surface area contributed by atoms with Gasteiger partial charge in [0, 0.05) is 33.7 Å². The van der Waals surface area contributed by atoms with E-state index in [1.165, 1.54) is 123 Å². The SMILES string of the molecule is Cc1cc2c3c(c1)N(c1ccc4c(c1)C(C)(C)CCC4(C)C)c1c(oc4cc5c(cc14)C(C)(C)CCC5(C)C)B3c1cc(C(C)(C)C)ccc1N2c1cc2c(cc1-c1cccc3ccccc13)C(C)(C)CCC2(C)C. The minimum atomic E-state index is -0.150. The van der Waals surface area contributed by atoms with E-state index in [4.69, 9.17) is 4.42 Å². The highest BCUT2D eigenvalue weighted by Gasteiger charge is 2.50. The third-order valence-electron chi connectivity index (χ3n) is 20.0. The van der Waals surface area contributed by atoms with Crippen LogP contribution in [0.15, 0.2) is 120 Å². The Morgan fingerprint density at radius 1 is 0.453 bits per heavy atom. The molecule has 0 fully saturated rings. The summed E-state index contributed by atoms with van der Waals surface area (Å²) in [5.74, 6) is 0. The zero-order chi connectivity index (χ0) is 52.9. The molecule has 3 aliphatic carbocycles. The molecular weight excluding hydrogens is 908 g/mol. The molecule has 7 aromatic carbocycles. The molecule has 0 bridgehead atoms. The third-order valence-corrected chi connectivity index (χ3v) is 20.0. The maximum atomic E-state index is 7.76. The Hall–Kier alpha value is -6.00. The summed E-state index contributed by atoms with van der Waals surface area (Å²) in [6, 6.07) is 46.2. The number of aryl methyl sites for hydroxylation is 1. The lowest BCUT2D eigenvalue weighted by Crippen LogP contribution is -2.61. The molecule has 0 spiro atoms. The maximum Gasteiger partial charge on any atom is 0.297 e. The van der Waals surface area contributed by atoms with Gasteiger partial charge in [-0.3, -0.25) is 0 Å². The number of rotatable bonds is 3. The molecule has 8 aromatic rings. The Labute approximate surface area is 449 Å². The summed E-state index contributed by atoms with van der Waals surface area (Å²) in [6.45, 7) is 38.8. The molecule has 0 atom stereocenters. The van der Waals surface area contributed by atoms with Crippen molar-refractivity contribution in [2.45, 2.75) is 187 Å². The number of benzene rings is 7. The maximum absolute atomic E-state index is 7.76. The standard InChI is InChI=1S/C71H79BN2O/c1-42-34-59-62-60(35-42)74(58-40-54-52(68(9,10)30-32-70(54,13)14)38-48(58)47-23-19-21-43-20-17-18-22-46(43)47)57-27-24-44(65(2,3)4)36-56(57)72(62)64-63(49-39-53-55(41-61(49)75-64)71(15,16)33-31-69(53,11)12)73(59)45-25-26-50-51(37-45)67(7,8)29-28-66(50,5)6/h17-27,34-41H,28-33H2,1-16H3. The average molecular weight is 987 g/mol. The van der Waals surface area contributed by atoms with Crippen LogP contribution in [0.3, 0.4) is 0 Å². The predicted molar refractivity (Wildman–Crippen MR) is 322 cm³/mol. The normalized spacial score (nSPS) is 20.0. The van der Waals surface area contributed by atoms with Gasteiger partial charge in [0.15, 0.2) is 0 Å². The number of furan rings is 1. The Kier molecular flexibility index (Phi) is 10.1. The van der Waals surface area contributed by atoms with Crippen LogP contribution in [0.5, 0.6) is 0 Å². The minimum Gasteiger partial charge on any atom is -0.468 e. The van der Waals surface area contributed by atoms with Gasteiger partial charge in [-0.05, 0) is 210 Å². The van der Waals surface area contributed by atoms with Crippen LogP contribution in [0.4, 0.5) is 34.1 Å². The Bertz CT molecular complexity index is 3750. The van der Waals surface area contributed by atoms with Gasteiger partial charge in [-0.25, -0.2) is 0 Å². The smallest absolute Gasteiger partial charge is 0.297 e. The Morgan fingerprint density at radius 2 is 1.00 bits per heavy atom. The van der Waals surface area contributed by atoms with E-state index < -0.39 is 0 Å². The summed E-state index contributed by atoms with van der Waals surface area (Å²) in [6.07, 6.45) is 6.94. The molecule has 0 saturated carbocycles. The van der Waals surface area contributed by atoms with E-state index >= 15 is 0 Å². The highest BCUT2D eigenvalue weighted by molar-refractivity contribution is 7.00. The van der Waals surface area contributed by atoms with Crippen molar-refractivity contribution in [1.29, 1.82) is 0 Å².